The molecule has 0 fully saturated rings. The number of nitrogens with one attached hydrogen (secondary N) is 1. The molecule has 24 heavy (non-hydrogen) atoms. The van der Waals surface area contributed by atoms with Crippen LogP contribution < -0.4 is 14.8 Å². The maximum absolute atomic E-state index is 5.60. The van der Waals surface area contributed by atoms with Gasteiger partial charge in [0.05, 0.1) is 13.7 Å². The van der Waals surface area contributed by atoms with Crippen LogP contribution >= 0.6 is 0 Å². The predicted octanol–water partition coefficient (Wildman–Crippen LogP) is 3.76. The van der Waals surface area contributed by atoms with Crippen LogP contribution in [0.3, 0.4) is 0 Å². The highest BCUT2D eigenvalue weighted by molar-refractivity contribution is 5.56. The van der Waals surface area contributed by atoms with E-state index in [0.29, 0.717) is 25.0 Å². The number of anilines is 1. The van der Waals surface area contributed by atoms with Crippen LogP contribution in [0.15, 0.2) is 53.1 Å². The van der Waals surface area contributed by atoms with E-state index >= 15 is 0 Å². The van der Waals surface area contributed by atoms with Crippen molar-refractivity contribution in [2.75, 3.05) is 19.0 Å². The Kier molecular flexibility index (Phi) is 4.96. The first kappa shape index (κ1) is 15.9. The number of para-hydroxylation sites is 1. The normalized spacial score (nSPS) is 10.4. The molecule has 0 spiro atoms. The summed E-state index contributed by atoms with van der Waals surface area (Å²) in [5.41, 5.74) is 1.89. The van der Waals surface area contributed by atoms with E-state index in [0.717, 1.165) is 22.6 Å². The van der Waals surface area contributed by atoms with Gasteiger partial charge < -0.3 is 19.3 Å². The van der Waals surface area contributed by atoms with E-state index < -0.39 is 0 Å². The van der Waals surface area contributed by atoms with Crippen molar-refractivity contribution in [3.63, 3.8) is 0 Å². The van der Waals surface area contributed by atoms with Gasteiger partial charge >= 0.3 is 6.01 Å². The first-order valence-electron chi connectivity index (χ1n) is 7.73. The van der Waals surface area contributed by atoms with Gasteiger partial charge in [0.2, 0.25) is 5.82 Å². The average molecular weight is 325 g/mol. The summed E-state index contributed by atoms with van der Waals surface area (Å²) in [6, 6.07) is 15.7. The molecule has 1 aromatic heterocycles. The van der Waals surface area contributed by atoms with E-state index in [1.165, 1.54) is 0 Å². The molecular formula is C18H19N3O3. The predicted molar refractivity (Wildman–Crippen MR) is 91.2 cm³/mol. The van der Waals surface area contributed by atoms with Gasteiger partial charge in [-0.15, -0.1) is 0 Å². The van der Waals surface area contributed by atoms with Crippen molar-refractivity contribution in [1.82, 2.24) is 10.1 Å². The Morgan fingerprint density at radius 1 is 1.08 bits per heavy atom. The standard InChI is InChI=1S/C18H19N3O3/c1-3-23-16-7-5-4-6-14(16)12-19-18-20-17(21-24-18)13-8-10-15(22-2)11-9-13/h4-11H,3,12H2,1-2H3,(H,19,20,21). The lowest BCUT2D eigenvalue weighted by Crippen LogP contribution is -2.03. The molecule has 6 heteroatoms. The molecule has 3 rings (SSSR count). The summed E-state index contributed by atoms with van der Waals surface area (Å²) in [5, 5.41) is 7.12. The van der Waals surface area contributed by atoms with Gasteiger partial charge in [-0.25, -0.2) is 0 Å². The summed E-state index contributed by atoms with van der Waals surface area (Å²) < 4.78 is 16.0. The number of rotatable bonds is 7. The van der Waals surface area contributed by atoms with Crippen LogP contribution in [-0.4, -0.2) is 23.9 Å². The summed E-state index contributed by atoms with van der Waals surface area (Å²) in [5.74, 6) is 2.16. The molecule has 0 amide bonds. The van der Waals surface area contributed by atoms with Gasteiger partial charge in [-0.3, -0.25) is 0 Å². The number of aromatic nitrogens is 2. The van der Waals surface area contributed by atoms with Crippen LogP contribution in [0.2, 0.25) is 0 Å². The second kappa shape index (κ2) is 7.50. The quantitative estimate of drug-likeness (QED) is 0.713. The third kappa shape index (κ3) is 3.65. The minimum absolute atomic E-state index is 0.368. The van der Waals surface area contributed by atoms with E-state index in [1.54, 1.807) is 7.11 Å². The van der Waals surface area contributed by atoms with E-state index in [2.05, 4.69) is 15.5 Å². The van der Waals surface area contributed by atoms with Crippen LogP contribution in [0.4, 0.5) is 6.01 Å². The van der Waals surface area contributed by atoms with Crippen molar-refractivity contribution in [3.05, 3.63) is 54.1 Å². The summed E-state index contributed by atoms with van der Waals surface area (Å²) >= 11 is 0. The molecule has 124 valence electrons. The lowest BCUT2D eigenvalue weighted by Gasteiger charge is -2.09. The molecule has 0 saturated carbocycles. The number of ether oxygens (including phenoxy) is 2. The zero-order valence-corrected chi connectivity index (χ0v) is 13.7. The third-order valence-corrected chi connectivity index (χ3v) is 3.48. The summed E-state index contributed by atoms with van der Waals surface area (Å²) in [4.78, 5) is 4.36. The maximum Gasteiger partial charge on any atom is 0.322 e. The zero-order chi connectivity index (χ0) is 16.8. The minimum atomic E-state index is 0.368. The molecule has 0 aliphatic heterocycles. The average Bonchev–Trinajstić information content (AvgIpc) is 3.10. The molecule has 0 saturated heterocycles. The first-order chi connectivity index (χ1) is 11.8. The van der Waals surface area contributed by atoms with Crippen LogP contribution in [0, 0.1) is 0 Å². The molecule has 2 aromatic carbocycles. The summed E-state index contributed by atoms with van der Waals surface area (Å²) in [6.45, 7) is 3.13. The highest BCUT2D eigenvalue weighted by Gasteiger charge is 2.09. The Labute approximate surface area is 140 Å². The molecule has 1 N–H and O–H groups in total. The first-order valence-corrected chi connectivity index (χ1v) is 7.73. The van der Waals surface area contributed by atoms with Crippen molar-refractivity contribution in [2.45, 2.75) is 13.5 Å². The maximum atomic E-state index is 5.60. The zero-order valence-electron chi connectivity index (χ0n) is 13.7. The largest absolute Gasteiger partial charge is 0.497 e. The van der Waals surface area contributed by atoms with Crippen LogP contribution in [-0.2, 0) is 6.54 Å². The fourth-order valence-corrected chi connectivity index (χ4v) is 2.27. The fraction of sp³-hybridized carbons (Fsp3) is 0.222. The molecule has 1 heterocycles. The molecule has 0 aliphatic carbocycles. The van der Waals surface area contributed by atoms with E-state index in [-0.39, 0.29) is 0 Å². The number of hydrogen-bond donors (Lipinski definition) is 1. The summed E-state index contributed by atoms with van der Waals surface area (Å²) in [6.07, 6.45) is 0. The second-order valence-corrected chi connectivity index (χ2v) is 5.05. The highest BCUT2D eigenvalue weighted by atomic mass is 16.5. The smallest absolute Gasteiger partial charge is 0.322 e. The van der Waals surface area contributed by atoms with Crippen LogP contribution in [0.5, 0.6) is 11.5 Å². The molecule has 6 nitrogen and oxygen atoms in total. The number of hydrogen-bond acceptors (Lipinski definition) is 6. The third-order valence-electron chi connectivity index (χ3n) is 3.48. The Balaban J connectivity index is 1.68. The lowest BCUT2D eigenvalue weighted by atomic mass is 10.2. The van der Waals surface area contributed by atoms with Gasteiger partial charge in [-0.05, 0) is 37.3 Å². The van der Waals surface area contributed by atoms with Gasteiger partial charge in [0.25, 0.3) is 0 Å². The van der Waals surface area contributed by atoms with Gasteiger partial charge in [-0.2, -0.15) is 4.98 Å². The van der Waals surface area contributed by atoms with Crippen LogP contribution in [0.1, 0.15) is 12.5 Å². The van der Waals surface area contributed by atoms with Crippen molar-refractivity contribution < 1.29 is 14.0 Å². The summed E-state index contributed by atoms with van der Waals surface area (Å²) in [7, 11) is 1.63. The van der Waals surface area contributed by atoms with Gasteiger partial charge in [0, 0.05) is 17.7 Å². The minimum Gasteiger partial charge on any atom is -0.497 e. The van der Waals surface area contributed by atoms with E-state index in [1.807, 2.05) is 55.5 Å². The molecular weight excluding hydrogens is 306 g/mol. The number of benzene rings is 2. The Hall–Kier alpha value is -3.02. The fourth-order valence-electron chi connectivity index (χ4n) is 2.27. The Bertz CT molecular complexity index is 784. The molecule has 0 unspecified atom stereocenters. The van der Waals surface area contributed by atoms with Crippen molar-refractivity contribution in [3.8, 4) is 22.9 Å². The molecule has 0 radical (unpaired) electrons. The van der Waals surface area contributed by atoms with E-state index in [9.17, 15) is 0 Å². The van der Waals surface area contributed by atoms with Gasteiger partial charge in [0.15, 0.2) is 0 Å². The van der Waals surface area contributed by atoms with Crippen LogP contribution in [0.25, 0.3) is 11.4 Å². The molecule has 3 aromatic rings. The van der Waals surface area contributed by atoms with Gasteiger partial charge in [-0.1, -0.05) is 23.4 Å². The molecule has 0 atom stereocenters. The van der Waals surface area contributed by atoms with Crippen molar-refractivity contribution in [1.29, 1.82) is 0 Å². The SMILES string of the molecule is CCOc1ccccc1CNc1nc(-c2ccc(OC)cc2)no1. The molecule has 0 aliphatic rings. The Morgan fingerprint density at radius 3 is 2.62 bits per heavy atom. The van der Waals surface area contributed by atoms with Crippen molar-refractivity contribution >= 4 is 6.01 Å². The number of nitrogens with zero attached hydrogens (tertiary/aromatic N) is 2. The monoisotopic (exact) mass is 325 g/mol. The van der Waals surface area contributed by atoms with Crippen molar-refractivity contribution in [2.24, 2.45) is 0 Å². The Morgan fingerprint density at radius 2 is 1.88 bits per heavy atom. The second-order valence-electron chi connectivity index (χ2n) is 5.05. The molecule has 0 bridgehead atoms. The van der Waals surface area contributed by atoms with Gasteiger partial charge in [0.1, 0.15) is 11.5 Å². The topological polar surface area (TPSA) is 69.4 Å². The lowest BCUT2D eigenvalue weighted by molar-refractivity contribution is 0.337. The number of methoxy groups -OCH3 is 1. The highest BCUT2D eigenvalue weighted by Crippen LogP contribution is 2.22. The van der Waals surface area contributed by atoms with E-state index in [4.69, 9.17) is 14.0 Å².